The second-order valence-electron chi connectivity index (χ2n) is 4.88. The highest BCUT2D eigenvalue weighted by molar-refractivity contribution is 5.85. The summed E-state index contributed by atoms with van der Waals surface area (Å²) in [6, 6.07) is 0.121. The number of nitrogens with two attached hydrogens (primary N) is 1. The van der Waals surface area contributed by atoms with Gasteiger partial charge in [0.2, 0.25) is 11.8 Å². The lowest BCUT2D eigenvalue weighted by atomic mass is 10.1. The van der Waals surface area contributed by atoms with Crippen LogP contribution in [-0.2, 0) is 9.59 Å². The van der Waals surface area contributed by atoms with Crippen molar-refractivity contribution in [1.82, 2.24) is 9.80 Å². The standard InChI is InChI=1S/C12H23N3O2.ClH/c1-14(2)11(16)6-3-7-12(17)15-8-4-5-10(13)9-15;/h10H,3-9,13H2,1-2H3;1H. The van der Waals surface area contributed by atoms with Gasteiger partial charge in [0.1, 0.15) is 0 Å². The maximum atomic E-state index is 11.8. The minimum Gasteiger partial charge on any atom is -0.349 e. The van der Waals surface area contributed by atoms with Gasteiger partial charge in [-0.05, 0) is 19.3 Å². The maximum absolute atomic E-state index is 11.8. The van der Waals surface area contributed by atoms with Crippen LogP contribution in [0.2, 0.25) is 0 Å². The molecule has 1 aliphatic heterocycles. The Bertz CT molecular complexity index is 284. The van der Waals surface area contributed by atoms with E-state index in [1.807, 2.05) is 4.90 Å². The summed E-state index contributed by atoms with van der Waals surface area (Å²) in [6.45, 7) is 1.48. The number of carbonyl (C=O) groups is 2. The highest BCUT2D eigenvalue weighted by Crippen LogP contribution is 2.11. The normalized spacial score (nSPS) is 19.1. The van der Waals surface area contributed by atoms with Gasteiger partial charge in [-0.3, -0.25) is 9.59 Å². The number of nitrogens with zero attached hydrogens (tertiary/aromatic N) is 2. The Morgan fingerprint density at radius 2 is 2.00 bits per heavy atom. The first-order valence-corrected chi connectivity index (χ1v) is 6.24. The van der Waals surface area contributed by atoms with Crippen molar-refractivity contribution in [2.24, 2.45) is 5.73 Å². The first kappa shape index (κ1) is 17.2. The van der Waals surface area contributed by atoms with Crippen molar-refractivity contribution in [3.05, 3.63) is 0 Å². The van der Waals surface area contributed by atoms with Crippen LogP contribution in [0.4, 0.5) is 0 Å². The van der Waals surface area contributed by atoms with Gasteiger partial charge in [-0.15, -0.1) is 12.4 Å². The molecule has 1 atom stereocenters. The predicted octanol–water partition coefficient (Wildman–Crippen LogP) is 0.616. The smallest absolute Gasteiger partial charge is 0.222 e. The van der Waals surface area contributed by atoms with E-state index in [0.29, 0.717) is 25.8 Å². The summed E-state index contributed by atoms with van der Waals surface area (Å²) in [5.41, 5.74) is 5.82. The van der Waals surface area contributed by atoms with Gasteiger partial charge in [-0.2, -0.15) is 0 Å². The molecule has 0 aromatic carbocycles. The minimum atomic E-state index is 0. The fourth-order valence-corrected chi connectivity index (χ4v) is 2.01. The van der Waals surface area contributed by atoms with Crippen molar-refractivity contribution < 1.29 is 9.59 Å². The number of hydrogen-bond donors (Lipinski definition) is 1. The van der Waals surface area contributed by atoms with Crippen molar-refractivity contribution in [2.75, 3.05) is 27.2 Å². The third-order valence-corrected chi connectivity index (χ3v) is 3.09. The number of carbonyl (C=O) groups excluding carboxylic acids is 2. The van der Waals surface area contributed by atoms with Crippen molar-refractivity contribution in [3.8, 4) is 0 Å². The Hall–Kier alpha value is -0.810. The van der Waals surface area contributed by atoms with E-state index in [4.69, 9.17) is 5.73 Å². The third-order valence-electron chi connectivity index (χ3n) is 3.09. The van der Waals surface area contributed by atoms with E-state index >= 15 is 0 Å². The molecule has 2 N–H and O–H groups in total. The molecule has 1 saturated heterocycles. The van der Waals surface area contributed by atoms with E-state index in [1.54, 1.807) is 19.0 Å². The molecule has 0 aromatic heterocycles. The SMILES string of the molecule is CN(C)C(=O)CCCC(=O)N1CCCC(N)C1.Cl. The first-order chi connectivity index (χ1) is 8.00. The van der Waals surface area contributed by atoms with E-state index in [1.165, 1.54) is 0 Å². The van der Waals surface area contributed by atoms with Crippen molar-refractivity contribution in [3.63, 3.8) is 0 Å². The first-order valence-electron chi connectivity index (χ1n) is 6.24. The molecule has 0 spiro atoms. The van der Waals surface area contributed by atoms with E-state index in [-0.39, 0.29) is 30.3 Å². The van der Waals surface area contributed by atoms with Crippen LogP contribution in [0.3, 0.4) is 0 Å². The van der Waals surface area contributed by atoms with E-state index < -0.39 is 0 Å². The lowest BCUT2D eigenvalue weighted by Gasteiger charge is -2.30. The summed E-state index contributed by atoms with van der Waals surface area (Å²) in [6.07, 6.45) is 3.51. The van der Waals surface area contributed by atoms with Gasteiger partial charge < -0.3 is 15.5 Å². The van der Waals surface area contributed by atoms with Crippen molar-refractivity contribution in [2.45, 2.75) is 38.1 Å². The lowest BCUT2D eigenvalue weighted by Crippen LogP contribution is -2.45. The minimum absolute atomic E-state index is 0. The number of hydrogen-bond acceptors (Lipinski definition) is 3. The van der Waals surface area contributed by atoms with Crippen LogP contribution in [0.5, 0.6) is 0 Å². The topological polar surface area (TPSA) is 66.6 Å². The molecular weight excluding hydrogens is 254 g/mol. The lowest BCUT2D eigenvalue weighted by molar-refractivity contribution is -0.133. The van der Waals surface area contributed by atoms with Crippen LogP contribution in [0.1, 0.15) is 32.1 Å². The molecule has 0 aromatic rings. The van der Waals surface area contributed by atoms with Crippen molar-refractivity contribution >= 4 is 24.2 Å². The predicted molar refractivity (Wildman–Crippen MR) is 73.6 cm³/mol. The quantitative estimate of drug-likeness (QED) is 0.819. The molecule has 6 heteroatoms. The summed E-state index contributed by atoms with van der Waals surface area (Å²) < 4.78 is 0. The molecule has 2 amide bonds. The molecule has 1 rings (SSSR count). The zero-order valence-electron chi connectivity index (χ0n) is 11.2. The number of rotatable bonds is 4. The Balaban J connectivity index is 0.00000289. The zero-order chi connectivity index (χ0) is 12.8. The number of halogens is 1. The summed E-state index contributed by atoms with van der Waals surface area (Å²) in [5.74, 6) is 0.208. The van der Waals surface area contributed by atoms with Gasteiger partial charge in [0.05, 0.1) is 0 Å². The molecule has 5 nitrogen and oxygen atoms in total. The van der Waals surface area contributed by atoms with Crippen LogP contribution in [-0.4, -0.2) is 54.8 Å². The molecular formula is C12H24ClN3O2. The molecule has 0 bridgehead atoms. The number of amides is 2. The molecule has 0 saturated carbocycles. The molecule has 1 unspecified atom stereocenters. The van der Waals surface area contributed by atoms with E-state index in [9.17, 15) is 9.59 Å². The summed E-state index contributed by atoms with van der Waals surface area (Å²) in [4.78, 5) is 26.6. The third kappa shape index (κ3) is 5.69. The highest BCUT2D eigenvalue weighted by atomic mass is 35.5. The highest BCUT2D eigenvalue weighted by Gasteiger charge is 2.20. The van der Waals surface area contributed by atoms with Crippen LogP contribution in [0, 0.1) is 0 Å². The average Bonchev–Trinajstić information content (AvgIpc) is 2.28. The van der Waals surface area contributed by atoms with Crippen LogP contribution in [0.15, 0.2) is 0 Å². The fourth-order valence-electron chi connectivity index (χ4n) is 2.01. The fraction of sp³-hybridized carbons (Fsp3) is 0.833. The van der Waals surface area contributed by atoms with Crippen molar-refractivity contribution in [1.29, 1.82) is 0 Å². The van der Waals surface area contributed by atoms with Gasteiger partial charge in [0.15, 0.2) is 0 Å². The van der Waals surface area contributed by atoms with Crippen LogP contribution >= 0.6 is 12.4 Å². The average molecular weight is 278 g/mol. The van der Waals surface area contributed by atoms with Crippen LogP contribution in [0.25, 0.3) is 0 Å². The second kappa shape index (κ2) is 8.32. The largest absolute Gasteiger partial charge is 0.349 e. The Morgan fingerprint density at radius 1 is 1.33 bits per heavy atom. The molecule has 106 valence electrons. The molecule has 1 fully saturated rings. The van der Waals surface area contributed by atoms with E-state index in [0.717, 1.165) is 19.4 Å². The van der Waals surface area contributed by atoms with Gasteiger partial charge in [0, 0.05) is 46.1 Å². The zero-order valence-corrected chi connectivity index (χ0v) is 12.0. The van der Waals surface area contributed by atoms with E-state index in [2.05, 4.69) is 0 Å². The van der Waals surface area contributed by atoms with Gasteiger partial charge in [-0.1, -0.05) is 0 Å². The van der Waals surface area contributed by atoms with Gasteiger partial charge in [-0.25, -0.2) is 0 Å². The number of likely N-dealkylation sites (tertiary alicyclic amines) is 1. The summed E-state index contributed by atoms with van der Waals surface area (Å²) in [5, 5.41) is 0. The van der Waals surface area contributed by atoms with Gasteiger partial charge in [0.25, 0.3) is 0 Å². The Morgan fingerprint density at radius 3 is 2.56 bits per heavy atom. The second-order valence-corrected chi connectivity index (χ2v) is 4.88. The Kier molecular flexibility index (Phi) is 7.95. The molecule has 0 aliphatic carbocycles. The summed E-state index contributed by atoms with van der Waals surface area (Å²) in [7, 11) is 3.46. The molecule has 1 aliphatic rings. The van der Waals surface area contributed by atoms with Gasteiger partial charge >= 0.3 is 0 Å². The monoisotopic (exact) mass is 277 g/mol. The molecule has 18 heavy (non-hydrogen) atoms. The maximum Gasteiger partial charge on any atom is 0.222 e. The Labute approximate surface area is 115 Å². The molecule has 0 radical (unpaired) electrons. The summed E-state index contributed by atoms with van der Waals surface area (Å²) >= 11 is 0. The van der Waals surface area contributed by atoms with Crippen LogP contribution < -0.4 is 5.73 Å². The number of piperidine rings is 1. The molecule has 1 heterocycles.